The Balaban J connectivity index is 1.28. The highest BCUT2D eigenvalue weighted by atomic mass is 32.1. The molecule has 0 bridgehead atoms. The summed E-state index contributed by atoms with van der Waals surface area (Å²) in [5.41, 5.74) is 2.16. The van der Waals surface area contributed by atoms with Crippen molar-refractivity contribution in [3.8, 4) is 0 Å². The molecule has 1 N–H and O–H groups in total. The monoisotopic (exact) mass is 477 g/mol. The molecule has 0 radical (unpaired) electrons. The highest BCUT2D eigenvalue weighted by Crippen LogP contribution is 2.25. The van der Waals surface area contributed by atoms with Crippen LogP contribution in [-0.4, -0.2) is 51.3 Å². The van der Waals surface area contributed by atoms with Gasteiger partial charge in [0.2, 0.25) is 5.91 Å². The van der Waals surface area contributed by atoms with Crippen molar-refractivity contribution in [2.24, 2.45) is 0 Å². The predicted molar refractivity (Wildman–Crippen MR) is 130 cm³/mol. The summed E-state index contributed by atoms with van der Waals surface area (Å²) in [5.74, 6) is -0.492. The van der Waals surface area contributed by atoms with E-state index in [-0.39, 0.29) is 17.3 Å². The van der Waals surface area contributed by atoms with Crippen molar-refractivity contribution in [3.63, 3.8) is 0 Å². The summed E-state index contributed by atoms with van der Waals surface area (Å²) >= 11 is 1.44. The predicted octanol–water partition coefficient (Wildman–Crippen LogP) is 3.39. The van der Waals surface area contributed by atoms with Gasteiger partial charge in [-0.05, 0) is 29.8 Å². The molecule has 1 atom stereocenters. The molecule has 1 aliphatic rings. The minimum atomic E-state index is -0.460. The Morgan fingerprint density at radius 2 is 1.79 bits per heavy atom. The highest BCUT2D eigenvalue weighted by Gasteiger charge is 2.30. The number of piperazine rings is 1. The maximum Gasteiger partial charge on any atom is 0.258 e. The van der Waals surface area contributed by atoms with Gasteiger partial charge < -0.3 is 5.32 Å². The van der Waals surface area contributed by atoms with Crippen LogP contribution in [0.3, 0.4) is 0 Å². The molecular formula is C25H24FN5O2S. The summed E-state index contributed by atoms with van der Waals surface area (Å²) < 4.78 is 14.8. The summed E-state index contributed by atoms with van der Waals surface area (Å²) in [7, 11) is 0. The fourth-order valence-corrected chi connectivity index (χ4v) is 5.02. The summed E-state index contributed by atoms with van der Waals surface area (Å²) in [4.78, 5) is 35.3. The topological polar surface area (TPSA) is 70.0 Å². The van der Waals surface area contributed by atoms with E-state index in [2.05, 4.69) is 20.1 Å². The van der Waals surface area contributed by atoms with Crippen LogP contribution in [0.25, 0.3) is 4.96 Å². The van der Waals surface area contributed by atoms with E-state index in [1.807, 2.05) is 35.7 Å². The van der Waals surface area contributed by atoms with Crippen LogP contribution in [0.1, 0.15) is 17.3 Å². The second kappa shape index (κ2) is 9.84. The maximum absolute atomic E-state index is 13.3. The van der Waals surface area contributed by atoms with Gasteiger partial charge in [0.05, 0.1) is 5.69 Å². The van der Waals surface area contributed by atoms with E-state index in [1.165, 1.54) is 23.5 Å². The van der Waals surface area contributed by atoms with E-state index in [0.29, 0.717) is 30.3 Å². The molecule has 5 rings (SSSR count). The first kappa shape index (κ1) is 22.4. The first-order valence-corrected chi connectivity index (χ1v) is 12.0. The quantitative estimate of drug-likeness (QED) is 0.461. The van der Waals surface area contributed by atoms with Crippen molar-refractivity contribution in [2.75, 3.05) is 31.5 Å². The van der Waals surface area contributed by atoms with Crippen LogP contribution in [0.4, 0.5) is 10.1 Å². The SMILES string of the molecule is O=C(Nc1ccc(F)cc1)[C@H](c1ccccc1)N1CCN(Cc2cc(=O)n3ccsc3n2)CC1. The molecule has 1 amide bonds. The van der Waals surface area contributed by atoms with Crippen LogP contribution in [0.5, 0.6) is 0 Å². The van der Waals surface area contributed by atoms with Gasteiger partial charge in [-0.1, -0.05) is 30.3 Å². The molecule has 1 fully saturated rings. The van der Waals surface area contributed by atoms with Crippen LogP contribution in [0, 0.1) is 5.82 Å². The number of hydrogen-bond acceptors (Lipinski definition) is 6. The van der Waals surface area contributed by atoms with Gasteiger partial charge in [-0.3, -0.25) is 23.8 Å². The minimum absolute atomic E-state index is 0.0681. The molecule has 2 aromatic carbocycles. The maximum atomic E-state index is 13.3. The standard InChI is InChI=1S/C25H24FN5O2S/c26-19-6-8-20(9-7-19)27-24(33)23(18-4-2-1-3-5-18)30-12-10-29(11-13-30)17-21-16-22(32)31-14-15-34-25(31)28-21/h1-9,14-16,23H,10-13,17H2,(H,27,33)/t23-/m0/s1. The van der Waals surface area contributed by atoms with Gasteiger partial charge in [-0.15, -0.1) is 11.3 Å². The second-order valence-corrected chi connectivity index (χ2v) is 9.14. The molecule has 0 saturated carbocycles. The van der Waals surface area contributed by atoms with Crippen molar-refractivity contribution < 1.29 is 9.18 Å². The molecule has 4 aromatic rings. The van der Waals surface area contributed by atoms with E-state index in [9.17, 15) is 14.0 Å². The van der Waals surface area contributed by atoms with E-state index in [4.69, 9.17) is 0 Å². The molecular weight excluding hydrogens is 453 g/mol. The Kier molecular flexibility index (Phi) is 6.48. The van der Waals surface area contributed by atoms with Crippen LogP contribution < -0.4 is 10.9 Å². The Bertz CT molecular complexity index is 1330. The summed E-state index contributed by atoms with van der Waals surface area (Å²) in [6.45, 7) is 3.47. The normalized spacial score (nSPS) is 15.9. The number of benzene rings is 2. The smallest absolute Gasteiger partial charge is 0.258 e. The minimum Gasteiger partial charge on any atom is -0.324 e. The Morgan fingerprint density at radius 3 is 2.53 bits per heavy atom. The number of nitrogens with zero attached hydrogens (tertiary/aromatic N) is 4. The molecule has 0 unspecified atom stereocenters. The van der Waals surface area contributed by atoms with Crippen molar-refractivity contribution in [1.29, 1.82) is 0 Å². The molecule has 174 valence electrons. The van der Waals surface area contributed by atoms with E-state index in [0.717, 1.165) is 24.3 Å². The molecule has 0 spiro atoms. The summed E-state index contributed by atoms with van der Waals surface area (Å²) in [6.07, 6.45) is 1.73. The molecule has 0 aliphatic carbocycles. The van der Waals surface area contributed by atoms with Crippen LogP contribution in [0.15, 0.2) is 77.0 Å². The van der Waals surface area contributed by atoms with Gasteiger partial charge in [-0.25, -0.2) is 9.37 Å². The zero-order valence-corrected chi connectivity index (χ0v) is 19.2. The van der Waals surface area contributed by atoms with Gasteiger partial charge in [0.25, 0.3) is 5.56 Å². The number of thiazole rings is 1. The Labute approximate surface area is 200 Å². The van der Waals surface area contributed by atoms with Gasteiger partial charge in [-0.2, -0.15) is 0 Å². The summed E-state index contributed by atoms with van der Waals surface area (Å²) in [5, 5.41) is 4.78. The Hall–Kier alpha value is -3.40. The average Bonchev–Trinajstić information content (AvgIpc) is 3.32. The lowest BCUT2D eigenvalue weighted by molar-refractivity contribution is -0.122. The van der Waals surface area contributed by atoms with E-state index >= 15 is 0 Å². The lowest BCUT2D eigenvalue weighted by Gasteiger charge is -2.38. The molecule has 7 nitrogen and oxygen atoms in total. The zero-order chi connectivity index (χ0) is 23.5. The number of rotatable bonds is 6. The van der Waals surface area contributed by atoms with Gasteiger partial charge >= 0.3 is 0 Å². The number of carbonyl (C=O) groups is 1. The largest absolute Gasteiger partial charge is 0.324 e. The molecule has 1 saturated heterocycles. The van der Waals surface area contributed by atoms with Crippen molar-refractivity contribution in [2.45, 2.75) is 12.6 Å². The van der Waals surface area contributed by atoms with Gasteiger partial charge in [0.1, 0.15) is 11.9 Å². The lowest BCUT2D eigenvalue weighted by atomic mass is 10.0. The molecule has 3 heterocycles. The highest BCUT2D eigenvalue weighted by molar-refractivity contribution is 7.15. The van der Waals surface area contributed by atoms with E-state index < -0.39 is 6.04 Å². The van der Waals surface area contributed by atoms with Crippen LogP contribution in [-0.2, 0) is 11.3 Å². The first-order valence-electron chi connectivity index (χ1n) is 11.1. The second-order valence-electron chi connectivity index (χ2n) is 8.26. The number of carbonyl (C=O) groups excluding carboxylic acids is 1. The van der Waals surface area contributed by atoms with Crippen LogP contribution in [0.2, 0.25) is 0 Å². The van der Waals surface area contributed by atoms with Gasteiger partial charge in [0, 0.05) is 56.1 Å². The fourth-order valence-electron chi connectivity index (χ4n) is 4.28. The molecule has 34 heavy (non-hydrogen) atoms. The zero-order valence-electron chi connectivity index (χ0n) is 18.4. The number of anilines is 1. The molecule has 2 aromatic heterocycles. The van der Waals surface area contributed by atoms with Crippen molar-refractivity contribution in [1.82, 2.24) is 19.2 Å². The summed E-state index contributed by atoms with van der Waals surface area (Å²) in [6, 6.07) is 16.6. The van der Waals surface area contributed by atoms with Crippen molar-refractivity contribution in [3.05, 3.63) is 99.7 Å². The number of amides is 1. The lowest BCUT2D eigenvalue weighted by Crippen LogP contribution is -2.49. The number of nitrogens with one attached hydrogen (secondary N) is 1. The number of aromatic nitrogens is 2. The number of halogens is 1. The van der Waals surface area contributed by atoms with E-state index in [1.54, 1.807) is 28.8 Å². The number of hydrogen-bond donors (Lipinski definition) is 1. The van der Waals surface area contributed by atoms with Crippen LogP contribution >= 0.6 is 11.3 Å². The third kappa shape index (κ3) is 4.91. The first-order chi connectivity index (χ1) is 16.6. The molecule has 9 heteroatoms. The average molecular weight is 478 g/mol. The third-order valence-electron chi connectivity index (χ3n) is 5.99. The Morgan fingerprint density at radius 1 is 1.06 bits per heavy atom. The fraction of sp³-hybridized carbons (Fsp3) is 0.240. The van der Waals surface area contributed by atoms with Crippen molar-refractivity contribution >= 4 is 27.9 Å². The number of fused-ring (bicyclic) bond motifs is 1. The molecule has 1 aliphatic heterocycles. The third-order valence-corrected chi connectivity index (χ3v) is 6.75. The van der Waals surface area contributed by atoms with Gasteiger partial charge in [0.15, 0.2) is 4.96 Å².